The van der Waals surface area contributed by atoms with Gasteiger partial charge in [-0.15, -0.1) is 0 Å². The fraction of sp³-hybridized carbons (Fsp3) is 0.435. The second kappa shape index (κ2) is 10.3. The third kappa shape index (κ3) is 5.84. The lowest BCUT2D eigenvalue weighted by atomic mass is 9.99. The molecule has 2 aromatic rings. The van der Waals surface area contributed by atoms with Crippen LogP contribution < -0.4 is 9.47 Å². The Kier molecular flexibility index (Phi) is 7.69. The number of piperidine rings is 1. The van der Waals surface area contributed by atoms with Gasteiger partial charge in [0.25, 0.3) is 0 Å². The van der Waals surface area contributed by atoms with Crippen molar-refractivity contribution in [3.63, 3.8) is 0 Å². The number of sulfonamides is 1. The van der Waals surface area contributed by atoms with E-state index >= 15 is 0 Å². The number of benzene rings is 2. The molecule has 1 fully saturated rings. The molecule has 1 saturated heterocycles. The predicted molar refractivity (Wildman–Crippen MR) is 117 cm³/mol. The van der Waals surface area contributed by atoms with E-state index in [1.807, 2.05) is 18.2 Å². The standard InChI is InChI=1S/C23H29NO6S/c1-17(25)20-5-4-6-23(13-20)31(26,27)24-9-7-18(8-10-24)15-30-16-19-11-21(28-2)14-22(12-19)29-3/h4-6,11-14,18H,7-10,15-16H2,1-3H3. The SMILES string of the molecule is COc1cc(COCC2CCN(S(=O)(=O)c3cccc(C(C)=O)c3)CC2)cc(OC)c1. The summed E-state index contributed by atoms with van der Waals surface area (Å²) >= 11 is 0. The summed E-state index contributed by atoms with van der Waals surface area (Å²) in [4.78, 5) is 11.8. The molecule has 3 rings (SSSR count). The number of hydrogen-bond donors (Lipinski definition) is 0. The number of carbonyl (C=O) groups excluding carboxylic acids is 1. The molecule has 2 aromatic carbocycles. The normalized spacial score (nSPS) is 15.6. The number of nitrogens with zero attached hydrogens (tertiary/aromatic N) is 1. The van der Waals surface area contributed by atoms with Gasteiger partial charge in [0.05, 0.1) is 25.7 Å². The summed E-state index contributed by atoms with van der Waals surface area (Å²) in [5, 5.41) is 0. The van der Waals surface area contributed by atoms with E-state index in [9.17, 15) is 13.2 Å². The highest BCUT2D eigenvalue weighted by Crippen LogP contribution is 2.26. The predicted octanol–water partition coefficient (Wildman–Crippen LogP) is 3.52. The van der Waals surface area contributed by atoms with Crippen LogP contribution >= 0.6 is 0 Å². The van der Waals surface area contributed by atoms with Gasteiger partial charge in [-0.1, -0.05) is 12.1 Å². The molecule has 0 aromatic heterocycles. The van der Waals surface area contributed by atoms with Crippen LogP contribution in [0, 0.1) is 5.92 Å². The molecule has 31 heavy (non-hydrogen) atoms. The van der Waals surface area contributed by atoms with Crippen LogP contribution in [0.25, 0.3) is 0 Å². The van der Waals surface area contributed by atoms with Gasteiger partial charge in [-0.25, -0.2) is 8.42 Å². The second-order valence-electron chi connectivity index (χ2n) is 7.67. The van der Waals surface area contributed by atoms with Crippen molar-refractivity contribution in [2.45, 2.75) is 31.3 Å². The zero-order valence-electron chi connectivity index (χ0n) is 18.2. The van der Waals surface area contributed by atoms with Gasteiger partial charge in [0, 0.05) is 31.3 Å². The van der Waals surface area contributed by atoms with Crippen LogP contribution in [0.2, 0.25) is 0 Å². The minimum Gasteiger partial charge on any atom is -0.497 e. The lowest BCUT2D eigenvalue weighted by Gasteiger charge is -2.31. The summed E-state index contributed by atoms with van der Waals surface area (Å²) in [5.74, 6) is 1.57. The topological polar surface area (TPSA) is 82.1 Å². The number of hydrogen-bond acceptors (Lipinski definition) is 6. The number of ether oxygens (including phenoxy) is 3. The van der Waals surface area contributed by atoms with Crippen LogP contribution in [0.15, 0.2) is 47.4 Å². The maximum Gasteiger partial charge on any atom is 0.243 e. The highest BCUT2D eigenvalue weighted by molar-refractivity contribution is 7.89. The molecule has 0 aliphatic carbocycles. The zero-order valence-corrected chi connectivity index (χ0v) is 19.0. The molecule has 1 aliphatic rings. The van der Waals surface area contributed by atoms with Crippen molar-refractivity contribution in [1.82, 2.24) is 4.31 Å². The first-order chi connectivity index (χ1) is 14.8. The minimum absolute atomic E-state index is 0.151. The Morgan fingerprint density at radius 1 is 1.03 bits per heavy atom. The van der Waals surface area contributed by atoms with E-state index in [4.69, 9.17) is 14.2 Å². The summed E-state index contributed by atoms with van der Waals surface area (Å²) in [5.41, 5.74) is 1.36. The lowest BCUT2D eigenvalue weighted by Crippen LogP contribution is -2.39. The van der Waals surface area contributed by atoms with Gasteiger partial charge in [0.2, 0.25) is 10.0 Å². The number of carbonyl (C=O) groups is 1. The molecule has 0 spiro atoms. The van der Waals surface area contributed by atoms with Crippen LogP contribution in [-0.2, 0) is 21.4 Å². The van der Waals surface area contributed by atoms with Crippen LogP contribution in [-0.4, -0.2) is 52.4 Å². The highest BCUT2D eigenvalue weighted by Gasteiger charge is 2.29. The summed E-state index contributed by atoms with van der Waals surface area (Å²) in [6.45, 7) is 3.30. The van der Waals surface area contributed by atoms with E-state index in [2.05, 4.69) is 0 Å². The van der Waals surface area contributed by atoms with E-state index in [-0.39, 0.29) is 10.7 Å². The largest absolute Gasteiger partial charge is 0.497 e. The molecular formula is C23H29NO6S. The Morgan fingerprint density at radius 2 is 1.68 bits per heavy atom. The zero-order chi connectivity index (χ0) is 22.4. The summed E-state index contributed by atoms with van der Waals surface area (Å²) in [6.07, 6.45) is 1.46. The van der Waals surface area contributed by atoms with Crippen LogP contribution in [0.5, 0.6) is 11.5 Å². The third-order valence-corrected chi connectivity index (χ3v) is 7.38. The van der Waals surface area contributed by atoms with Crippen molar-refractivity contribution in [3.05, 3.63) is 53.6 Å². The van der Waals surface area contributed by atoms with E-state index in [1.165, 1.54) is 17.3 Å². The van der Waals surface area contributed by atoms with E-state index in [1.54, 1.807) is 32.4 Å². The molecule has 0 radical (unpaired) electrons. The quantitative estimate of drug-likeness (QED) is 0.547. The van der Waals surface area contributed by atoms with Crippen LogP contribution in [0.3, 0.4) is 0 Å². The minimum atomic E-state index is -3.61. The fourth-order valence-electron chi connectivity index (χ4n) is 3.63. The Bertz CT molecular complexity index is 990. The van der Waals surface area contributed by atoms with E-state index in [0.29, 0.717) is 49.3 Å². The maximum absolute atomic E-state index is 12.9. The molecule has 1 aliphatic heterocycles. The summed E-state index contributed by atoms with van der Waals surface area (Å²) in [6, 6.07) is 11.9. The van der Waals surface area contributed by atoms with Crippen molar-refractivity contribution < 1.29 is 27.4 Å². The first-order valence-electron chi connectivity index (χ1n) is 10.2. The molecule has 0 bridgehead atoms. The van der Waals surface area contributed by atoms with Gasteiger partial charge in [-0.05, 0) is 55.5 Å². The van der Waals surface area contributed by atoms with Crippen LogP contribution in [0.4, 0.5) is 0 Å². The van der Waals surface area contributed by atoms with Crippen molar-refractivity contribution in [3.8, 4) is 11.5 Å². The van der Waals surface area contributed by atoms with E-state index in [0.717, 1.165) is 18.4 Å². The highest BCUT2D eigenvalue weighted by atomic mass is 32.2. The number of ketones is 1. The van der Waals surface area contributed by atoms with Gasteiger partial charge < -0.3 is 14.2 Å². The molecule has 1 heterocycles. The van der Waals surface area contributed by atoms with Gasteiger partial charge >= 0.3 is 0 Å². The second-order valence-corrected chi connectivity index (χ2v) is 9.61. The Morgan fingerprint density at radius 3 is 2.26 bits per heavy atom. The van der Waals surface area contributed by atoms with Gasteiger partial charge in [-0.2, -0.15) is 4.31 Å². The van der Waals surface area contributed by atoms with Crippen molar-refractivity contribution in [2.75, 3.05) is 33.9 Å². The van der Waals surface area contributed by atoms with Crippen molar-refractivity contribution >= 4 is 15.8 Å². The molecule has 0 saturated carbocycles. The third-order valence-electron chi connectivity index (χ3n) is 5.49. The summed E-state index contributed by atoms with van der Waals surface area (Å²) in [7, 11) is -0.390. The molecule has 0 amide bonds. The van der Waals surface area contributed by atoms with E-state index < -0.39 is 10.0 Å². The fourth-order valence-corrected chi connectivity index (χ4v) is 5.15. The first kappa shape index (κ1) is 23.2. The van der Waals surface area contributed by atoms with Crippen LogP contribution in [0.1, 0.15) is 35.7 Å². The molecule has 0 atom stereocenters. The lowest BCUT2D eigenvalue weighted by molar-refractivity contribution is 0.0686. The average molecular weight is 448 g/mol. The van der Waals surface area contributed by atoms with Gasteiger partial charge in [0.1, 0.15) is 11.5 Å². The smallest absolute Gasteiger partial charge is 0.243 e. The molecule has 7 nitrogen and oxygen atoms in total. The van der Waals surface area contributed by atoms with Gasteiger partial charge in [-0.3, -0.25) is 4.79 Å². The Balaban J connectivity index is 1.53. The number of rotatable bonds is 9. The molecule has 8 heteroatoms. The maximum atomic E-state index is 12.9. The first-order valence-corrected chi connectivity index (χ1v) is 11.7. The Hall–Kier alpha value is -2.42. The molecular weight excluding hydrogens is 418 g/mol. The Labute approximate surface area is 184 Å². The molecule has 0 N–H and O–H groups in total. The van der Waals surface area contributed by atoms with Crippen molar-refractivity contribution in [2.24, 2.45) is 5.92 Å². The average Bonchev–Trinajstić information content (AvgIpc) is 2.79. The number of methoxy groups -OCH3 is 2. The molecule has 0 unspecified atom stereocenters. The monoisotopic (exact) mass is 447 g/mol. The van der Waals surface area contributed by atoms with Crippen molar-refractivity contribution in [1.29, 1.82) is 0 Å². The molecule has 168 valence electrons. The summed E-state index contributed by atoms with van der Waals surface area (Å²) < 4.78 is 43.8. The number of Topliss-reactive ketones (excluding diaryl/α,β-unsaturated/α-hetero) is 1. The van der Waals surface area contributed by atoms with Gasteiger partial charge in [0.15, 0.2) is 5.78 Å².